The fourth-order valence-electron chi connectivity index (χ4n) is 2.12. The van der Waals surface area contributed by atoms with E-state index in [2.05, 4.69) is 0 Å². The lowest BCUT2D eigenvalue weighted by molar-refractivity contribution is -0.491. The molecule has 10 heteroatoms. The van der Waals surface area contributed by atoms with Crippen LogP contribution in [0.1, 0.15) is 19.3 Å². The molecule has 2 aliphatic rings. The van der Waals surface area contributed by atoms with Crippen LogP contribution in [-0.4, -0.2) is 74.2 Å². The fraction of sp³-hybridized carbons (Fsp3) is 0.818. The van der Waals surface area contributed by atoms with Crippen LogP contribution in [0.3, 0.4) is 0 Å². The third kappa shape index (κ3) is 2.73. The highest BCUT2D eigenvalue weighted by molar-refractivity contribution is 5.74. The van der Waals surface area contributed by atoms with Crippen LogP contribution in [-0.2, 0) is 23.8 Å². The minimum atomic E-state index is -2.84. The molecule has 0 radical (unpaired) electrons. The second kappa shape index (κ2) is 5.48. The van der Waals surface area contributed by atoms with Crippen LogP contribution in [0, 0.1) is 0 Å². The van der Waals surface area contributed by atoms with Crippen LogP contribution in [0.2, 0.25) is 0 Å². The van der Waals surface area contributed by atoms with Crippen molar-refractivity contribution in [2.75, 3.05) is 6.61 Å². The van der Waals surface area contributed by atoms with Gasteiger partial charge in [0.2, 0.25) is 5.79 Å². The number of carbonyl (C=O) groups excluding carboxylic acids is 2. The van der Waals surface area contributed by atoms with E-state index in [4.69, 9.17) is 19.3 Å². The van der Waals surface area contributed by atoms with Gasteiger partial charge in [-0.1, -0.05) is 0 Å². The molecule has 10 nitrogen and oxygen atoms in total. The maximum Gasteiger partial charge on any atom is 0.409 e. The average molecular weight is 308 g/mol. The minimum absolute atomic E-state index is 0.152. The third-order valence-corrected chi connectivity index (χ3v) is 3.29. The molecular formula is C11H16O10. The van der Waals surface area contributed by atoms with Crippen molar-refractivity contribution in [3.8, 4) is 0 Å². The maximum absolute atomic E-state index is 11.6. The Labute approximate surface area is 118 Å². The molecule has 0 saturated carbocycles. The van der Waals surface area contributed by atoms with Gasteiger partial charge in [0.05, 0.1) is 0 Å². The van der Waals surface area contributed by atoms with E-state index in [0.717, 1.165) is 0 Å². The van der Waals surface area contributed by atoms with E-state index < -0.39 is 48.6 Å². The van der Waals surface area contributed by atoms with Crippen LogP contribution in [0.15, 0.2) is 0 Å². The molecule has 5 N–H and O–H groups in total. The highest BCUT2D eigenvalue weighted by Crippen LogP contribution is 2.38. The normalized spacial score (nSPS) is 40.1. The molecule has 2 fully saturated rings. The predicted molar refractivity (Wildman–Crippen MR) is 59.9 cm³/mol. The van der Waals surface area contributed by atoms with Gasteiger partial charge in [0.15, 0.2) is 6.10 Å². The first-order valence-corrected chi connectivity index (χ1v) is 6.25. The lowest BCUT2D eigenvalue weighted by Gasteiger charge is -2.49. The molecule has 0 amide bonds. The van der Waals surface area contributed by atoms with Gasteiger partial charge in [0.1, 0.15) is 18.8 Å². The monoisotopic (exact) mass is 308 g/mol. The molecular weight excluding hydrogens is 292 g/mol. The minimum Gasteiger partial charge on any atom is -0.396 e. The number of rotatable bonds is 1. The van der Waals surface area contributed by atoms with Crippen LogP contribution >= 0.6 is 0 Å². The smallest absolute Gasteiger partial charge is 0.396 e. The standard InChI is InChI=1S/C11H16O10/c12-4-10(18)8(16)7(15)9(17)11(21-10)19-5(13)2-1-3-6(14)20-11/h7-9,12,15-18H,1-4H2/t7-,8-,9-,10-/m0/s1. The number of carbonyl (C=O) groups is 2. The molecule has 0 aliphatic carbocycles. The molecule has 2 rings (SSSR count). The summed E-state index contributed by atoms with van der Waals surface area (Å²) in [6.07, 6.45) is -6.60. The van der Waals surface area contributed by atoms with Gasteiger partial charge >= 0.3 is 17.9 Å². The number of hydrogen-bond donors (Lipinski definition) is 5. The predicted octanol–water partition coefficient (Wildman–Crippen LogP) is -3.30. The number of esters is 2. The Hall–Kier alpha value is -1.30. The highest BCUT2D eigenvalue weighted by atomic mass is 16.9. The Morgan fingerprint density at radius 2 is 1.57 bits per heavy atom. The molecule has 0 unspecified atom stereocenters. The van der Waals surface area contributed by atoms with Crippen molar-refractivity contribution in [2.24, 2.45) is 0 Å². The number of aliphatic hydroxyl groups excluding tert-OH is 4. The van der Waals surface area contributed by atoms with Gasteiger partial charge in [-0.05, 0) is 6.42 Å². The van der Waals surface area contributed by atoms with Gasteiger partial charge in [-0.15, -0.1) is 0 Å². The summed E-state index contributed by atoms with van der Waals surface area (Å²) in [7, 11) is 0. The molecule has 0 aromatic rings. The van der Waals surface area contributed by atoms with Crippen molar-refractivity contribution in [2.45, 2.75) is 49.3 Å². The molecule has 2 heterocycles. The van der Waals surface area contributed by atoms with Gasteiger partial charge < -0.3 is 35.0 Å². The summed E-state index contributed by atoms with van der Waals surface area (Å²) in [5.41, 5.74) is 0. The Kier molecular flexibility index (Phi) is 4.19. The quantitative estimate of drug-likeness (QED) is 0.310. The van der Waals surface area contributed by atoms with Gasteiger partial charge in [-0.2, -0.15) is 0 Å². The molecule has 21 heavy (non-hydrogen) atoms. The van der Waals surface area contributed by atoms with Gasteiger partial charge in [-0.3, -0.25) is 14.3 Å². The first-order valence-electron chi connectivity index (χ1n) is 6.25. The van der Waals surface area contributed by atoms with E-state index in [-0.39, 0.29) is 19.3 Å². The third-order valence-electron chi connectivity index (χ3n) is 3.29. The molecule has 0 aromatic heterocycles. The molecule has 4 atom stereocenters. The second-order valence-electron chi connectivity index (χ2n) is 4.89. The van der Waals surface area contributed by atoms with Gasteiger partial charge in [0.25, 0.3) is 0 Å². The molecule has 1 spiro atoms. The van der Waals surface area contributed by atoms with Gasteiger partial charge in [0, 0.05) is 12.8 Å². The van der Waals surface area contributed by atoms with E-state index in [1.54, 1.807) is 0 Å². The summed E-state index contributed by atoms with van der Waals surface area (Å²) in [6.45, 7) is -1.21. The summed E-state index contributed by atoms with van der Waals surface area (Å²) in [4.78, 5) is 23.1. The van der Waals surface area contributed by atoms with E-state index in [0.29, 0.717) is 0 Å². The van der Waals surface area contributed by atoms with Gasteiger partial charge in [-0.25, -0.2) is 0 Å². The SMILES string of the molecule is O=C1CCCC(=O)OC2(O1)O[C@@](O)(CO)[C@@H](O)[C@H](O)[C@@H]2O. The number of aliphatic hydroxyl groups is 5. The number of ether oxygens (including phenoxy) is 3. The summed E-state index contributed by atoms with van der Waals surface area (Å²) < 4.78 is 14.2. The largest absolute Gasteiger partial charge is 0.409 e. The molecule has 0 bridgehead atoms. The van der Waals surface area contributed by atoms with Crippen LogP contribution < -0.4 is 0 Å². The van der Waals surface area contributed by atoms with Crippen LogP contribution in [0.25, 0.3) is 0 Å². The second-order valence-corrected chi connectivity index (χ2v) is 4.89. The van der Waals surface area contributed by atoms with Crippen molar-refractivity contribution >= 4 is 11.9 Å². The molecule has 120 valence electrons. The van der Waals surface area contributed by atoms with Crippen molar-refractivity contribution in [1.29, 1.82) is 0 Å². The van der Waals surface area contributed by atoms with E-state index in [1.165, 1.54) is 0 Å². The van der Waals surface area contributed by atoms with Crippen molar-refractivity contribution < 1.29 is 49.3 Å². The molecule has 2 aliphatic heterocycles. The van der Waals surface area contributed by atoms with Crippen molar-refractivity contribution in [1.82, 2.24) is 0 Å². The Balaban J connectivity index is 2.40. The van der Waals surface area contributed by atoms with Crippen LogP contribution in [0.5, 0.6) is 0 Å². The molecule has 0 aromatic carbocycles. The zero-order valence-corrected chi connectivity index (χ0v) is 10.8. The van der Waals surface area contributed by atoms with Crippen LogP contribution in [0.4, 0.5) is 0 Å². The summed E-state index contributed by atoms with van der Waals surface area (Å²) in [5, 5.41) is 48.3. The van der Waals surface area contributed by atoms with E-state index in [9.17, 15) is 30.0 Å². The lowest BCUT2D eigenvalue weighted by Crippen LogP contribution is -2.73. The Morgan fingerprint density at radius 3 is 2.05 bits per heavy atom. The summed E-state index contributed by atoms with van der Waals surface area (Å²) in [5.74, 6) is -7.46. The first-order chi connectivity index (χ1) is 9.74. The molecule has 2 saturated heterocycles. The van der Waals surface area contributed by atoms with Crippen molar-refractivity contribution in [3.63, 3.8) is 0 Å². The first kappa shape index (κ1) is 16.1. The van der Waals surface area contributed by atoms with E-state index in [1.807, 2.05) is 0 Å². The van der Waals surface area contributed by atoms with E-state index >= 15 is 0 Å². The highest BCUT2D eigenvalue weighted by Gasteiger charge is 2.65. The Morgan fingerprint density at radius 1 is 1.05 bits per heavy atom. The average Bonchev–Trinajstić information content (AvgIpc) is 2.41. The summed E-state index contributed by atoms with van der Waals surface area (Å²) in [6, 6.07) is 0. The lowest BCUT2D eigenvalue weighted by atomic mass is 9.94. The zero-order chi connectivity index (χ0) is 15.8. The number of hydrogen-bond acceptors (Lipinski definition) is 10. The van der Waals surface area contributed by atoms with Crippen molar-refractivity contribution in [3.05, 3.63) is 0 Å². The Bertz CT molecular complexity index is 419. The maximum atomic E-state index is 11.6. The fourth-order valence-corrected chi connectivity index (χ4v) is 2.12. The summed E-state index contributed by atoms with van der Waals surface area (Å²) >= 11 is 0. The zero-order valence-electron chi connectivity index (χ0n) is 10.8. The topological polar surface area (TPSA) is 163 Å².